The predicted octanol–water partition coefficient (Wildman–Crippen LogP) is 2.68. The number of pyridine rings is 1. The number of rotatable bonds is 6. The fraction of sp³-hybridized carbons (Fsp3) is 0.615. The highest BCUT2D eigenvalue weighted by Gasteiger charge is 2.09. The molecule has 2 N–H and O–H groups in total. The second-order valence-corrected chi connectivity index (χ2v) is 5.47. The van der Waals surface area contributed by atoms with Crippen LogP contribution in [-0.4, -0.2) is 23.9 Å². The number of hydrogen-bond donors (Lipinski definition) is 1. The van der Waals surface area contributed by atoms with E-state index in [1.807, 2.05) is 31.8 Å². The van der Waals surface area contributed by atoms with E-state index >= 15 is 0 Å². The third kappa shape index (κ3) is 4.21. The average Bonchev–Trinajstić information content (AvgIpc) is 2.27. The summed E-state index contributed by atoms with van der Waals surface area (Å²) in [6.45, 7) is 6.13. The molecule has 17 heavy (non-hydrogen) atoms. The highest BCUT2D eigenvalue weighted by atomic mass is 32.2. The average molecular weight is 254 g/mol. The molecule has 1 aromatic rings. The fourth-order valence-electron chi connectivity index (χ4n) is 1.65. The standard InChI is InChI=1S/C13H22N2OS/c1-9-7-15-12(11(3)13(9)16-4)8-17-6-5-10(2)14/h7,10H,5-6,8,14H2,1-4H3. The predicted molar refractivity (Wildman–Crippen MR) is 74.7 cm³/mol. The van der Waals surface area contributed by atoms with Gasteiger partial charge < -0.3 is 10.5 Å². The van der Waals surface area contributed by atoms with E-state index in [2.05, 4.69) is 11.9 Å². The Morgan fingerprint density at radius 3 is 2.76 bits per heavy atom. The zero-order valence-electron chi connectivity index (χ0n) is 11.1. The first kappa shape index (κ1) is 14.3. The van der Waals surface area contributed by atoms with Gasteiger partial charge in [0.1, 0.15) is 5.75 Å². The molecule has 0 aliphatic carbocycles. The van der Waals surface area contributed by atoms with Crippen LogP contribution in [-0.2, 0) is 5.75 Å². The first-order valence-corrected chi connectivity index (χ1v) is 7.04. The van der Waals surface area contributed by atoms with Crippen molar-refractivity contribution in [2.75, 3.05) is 12.9 Å². The summed E-state index contributed by atoms with van der Waals surface area (Å²) in [6, 6.07) is 0.282. The normalized spacial score (nSPS) is 12.5. The third-order valence-electron chi connectivity index (χ3n) is 2.71. The van der Waals surface area contributed by atoms with Gasteiger partial charge in [-0.1, -0.05) is 0 Å². The van der Waals surface area contributed by atoms with Crippen molar-refractivity contribution < 1.29 is 4.74 Å². The lowest BCUT2D eigenvalue weighted by molar-refractivity contribution is 0.407. The van der Waals surface area contributed by atoms with E-state index in [1.54, 1.807) is 7.11 Å². The molecule has 4 heteroatoms. The molecule has 3 nitrogen and oxygen atoms in total. The maximum Gasteiger partial charge on any atom is 0.128 e. The Kier molecular flexibility index (Phi) is 5.78. The van der Waals surface area contributed by atoms with Crippen LogP contribution >= 0.6 is 11.8 Å². The van der Waals surface area contributed by atoms with Gasteiger partial charge in [-0.2, -0.15) is 11.8 Å². The summed E-state index contributed by atoms with van der Waals surface area (Å²) in [5.41, 5.74) is 9.08. The lowest BCUT2D eigenvalue weighted by Gasteiger charge is -2.12. The molecule has 0 saturated carbocycles. The molecule has 0 aliphatic heterocycles. The first-order valence-electron chi connectivity index (χ1n) is 5.88. The molecular formula is C13H22N2OS. The van der Waals surface area contributed by atoms with Crippen LogP contribution < -0.4 is 10.5 Å². The van der Waals surface area contributed by atoms with E-state index in [-0.39, 0.29) is 6.04 Å². The Morgan fingerprint density at radius 1 is 1.47 bits per heavy atom. The van der Waals surface area contributed by atoms with Crippen LogP contribution in [0, 0.1) is 13.8 Å². The van der Waals surface area contributed by atoms with Gasteiger partial charge >= 0.3 is 0 Å². The summed E-state index contributed by atoms with van der Waals surface area (Å²) in [7, 11) is 1.71. The van der Waals surface area contributed by atoms with Gasteiger partial charge in [-0.25, -0.2) is 0 Å². The molecular weight excluding hydrogens is 232 g/mol. The van der Waals surface area contributed by atoms with Crippen LogP contribution in [0.25, 0.3) is 0 Å². The van der Waals surface area contributed by atoms with Gasteiger partial charge in [0.2, 0.25) is 0 Å². The molecule has 0 amide bonds. The van der Waals surface area contributed by atoms with Crippen molar-refractivity contribution in [3.05, 3.63) is 23.0 Å². The van der Waals surface area contributed by atoms with Gasteiger partial charge in [-0.05, 0) is 32.9 Å². The minimum Gasteiger partial charge on any atom is -0.496 e. The molecule has 0 aromatic carbocycles. The Hall–Kier alpha value is -0.740. The number of aromatic nitrogens is 1. The van der Waals surface area contributed by atoms with Gasteiger partial charge in [-0.3, -0.25) is 4.98 Å². The molecule has 0 spiro atoms. The van der Waals surface area contributed by atoms with Gasteiger partial charge in [0.15, 0.2) is 0 Å². The SMILES string of the molecule is COc1c(C)cnc(CSCCC(C)N)c1C. The van der Waals surface area contributed by atoms with Crippen LogP contribution in [0.4, 0.5) is 0 Å². The second kappa shape index (κ2) is 6.87. The van der Waals surface area contributed by atoms with Crippen LogP contribution in [0.5, 0.6) is 5.75 Å². The molecule has 1 aromatic heterocycles. The van der Waals surface area contributed by atoms with Crippen molar-refractivity contribution in [2.24, 2.45) is 5.73 Å². The summed E-state index contributed by atoms with van der Waals surface area (Å²) < 4.78 is 5.39. The first-order chi connectivity index (χ1) is 8.06. The van der Waals surface area contributed by atoms with Crippen molar-refractivity contribution in [2.45, 2.75) is 39.0 Å². The number of aryl methyl sites for hydroxylation is 1. The van der Waals surface area contributed by atoms with Crippen LogP contribution in [0.2, 0.25) is 0 Å². The summed E-state index contributed by atoms with van der Waals surface area (Å²) in [4.78, 5) is 4.47. The van der Waals surface area contributed by atoms with Crippen LogP contribution in [0.3, 0.4) is 0 Å². The van der Waals surface area contributed by atoms with Gasteiger partial charge in [-0.15, -0.1) is 0 Å². The van der Waals surface area contributed by atoms with E-state index in [1.165, 1.54) is 0 Å². The summed E-state index contributed by atoms with van der Waals surface area (Å²) >= 11 is 1.88. The zero-order chi connectivity index (χ0) is 12.8. The van der Waals surface area contributed by atoms with E-state index in [9.17, 15) is 0 Å². The number of nitrogens with zero attached hydrogens (tertiary/aromatic N) is 1. The molecule has 0 aliphatic rings. The minimum absolute atomic E-state index is 0.282. The van der Waals surface area contributed by atoms with Gasteiger partial charge in [0.05, 0.1) is 12.8 Å². The number of thioether (sulfide) groups is 1. The van der Waals surface area contributed by atoms with E-state index in [0.717, 1.165) is 40.5 Å². The van der Waals surface area contributed by atoms with Crippen molar-refractivity contribution in [1.29, 1.82) is 0 Å². The molecule has 1 atom stereocenters. The number of hydrogen-bond acceptors (Lipinski definition) is 4. The molecule has 1 unspecified atom stereocenters. The zero-order valence-corrected chi connectivity index (χ0v) is 11.9. The van der Waals surface area contributed by atoms with E-state index in [0.29, 0.717) is 0 Å². The van der Waals surface area contributed by atoms with Crippen molar-refractivity contribution in [3.63, 3.8) is 0 Å². The Bertz CT molecular complexity index is 367. The third-order valence-corrected chi connectivity index (χ3v) is 3.71. The lowest BCUT2D eigenvalue weighted by atomic mass is 10.1. The van der Waals surface area contributed by atoms with E-state index < -0.39 is 0 Å². The molecule has 0 saturated heterocycles. The highest BCUT2D eigenvalue weighted by Crippen LogP contribution is 2.26. The highest BCUT2D eigenvalue weighted by molar-refractivity contribution is 7.98. The maximum absolute atomic E-state index is 5.72. The number of methoxy groups -OCH3 is 1. The quantitative estimate of drug-likeness (QED) is 0.793. The van der Waals surface area contributed by atoms with Crippen molar-refractivity contribution in [1.82, 2.24) is 4.98 Å². The lowest BCUT2D eigenvalue weighted by Crippen LogP contribution is -2.15. The van der Waals surface area contributed by atoms with Crippen molar-refractivity contribution in [3.8, 4) is 5.75 Å². The fourth-order valence-corrected chi connectivity index (χ4v) is 2.82. The number of nitrogens with two attached hydrogens (primary N) is 1. The van der Waals surface area contributed by atoms with Crippen LogP contribution in [0.1, 0.15) is 30.2 Å². The largest absolute Gasteiger partial charge is 0.496 e. The molecule has 96 valence electrons. The Labute approximate surface area is 108 Å². The molecule has 0 fully saturated rings. The maximum atomic E-state index is 5.72. The summed E-state index contributed by atoms with van der Waals surface area (Å²) in [6.07, 6.45) is 2.93. The van der Waals surface area contributed by atoms with Gasteiger partial charge in [0.25, 0.3) is 0 Å². The summed E-state index contributed by atoms with van der Waals surface area (Å²) in [5.74, 6) is 2.97. The molecule has 1 heterocycles. The van der Waals surface area contributed by atoms with Gasteiger partial charge in [0, 0.05) is 29.1 Å². The van der Waals surface area contributed by atoms with Crippen LogP contribution in [0.15, 0.2) is 6.20 Å². The Morgan fingerprint density at radius 2 is 2.18 bits per heavy atom. The molecule has 1 rings (SSSR count). The van der Waals surface area contributed by atoms with E-state index in [4.69, 9.17) is 10.5 Å². The smallest absolute Gasteiger partial charge is 0.128 e. The summed E-state index contributed by atoms with van der Waals surface area (Å²) in [5, 5.41) is 0. The topological polar surface area (TPSA) is 48.1 Å². The number of ether oxygens (including phenoxy) is 1. The minimum atomic E-state index is 0.282. The second-order valence-electron chi connectivity index (χ2n) is 4.36. The molecule has 0 radical (unpaired) electrons. The Balaban J connectivity index is 2.60. The van der Waals surface area contributed by atoms with Crippen molar-refractivity contribution >= 4 is 11.8 Å². The monoisotopic (exact) mass is 254 g/mol. The molecule has 0 bridgehead atoms.